The topological polar surface area (TPSA) is 12.0 Å². The van der Waals surface area contributed by atoms with Gasteiger partial charge in [0.05, 0.1) is 0 Å². The molecule has 1 N–H and O–H groups in total. The minimum atomic E-state index is 0.810. The van der Waals surface area contributed by atoms with Gasteiger partial charge in [0.25, 0.3) is 0 Å². The van der Waals surface area contributed by atoms with Crippen LogP contribution >= 0.6 is 0 Å². The van der Waals surface area contributed by atoms with Crippen LogP contribution in [-0.4, -0.2) is 12.6 Å². The molecule has 1 rings (SSSR count). The molecule has 0 heterocycles. The third kappa shape index (κ3) is 3.14. The lowest BCUT2D eigenvalue weighted by Gasteiger charge is -2.30. The summed E-state index contributed by atoms with van der Waals surface area (Å²) in [6.07, 6.45) is 8.59. The first kappa shape index (κ1) is 10.0. The largest absolute Gasteiger partial charge is 0.314 e. The highest BCUT2D eigenvalue weighted by Gasteiger charge is 2.20. The van der Waals surface area contributed by atoms with E-state index in [1.165, 1.54) is 38.5 Å². The molecule has 0 bridgehead atoms. The summed E-state index contributed by atoms with van der Waals surface area (Å²) < 4.78 is 0. The smallest absolute Gasteiger partial charge is 0.00694 e. The van der Waals surface area contributed by atoms with E-state index in [1.807, 2.05) is 0 Å². The molecule has 0 amide bonds. The molecule has 1 fully saturated rings. The molecule has 0 aromatic rings. The zero-order chi connectivity index (χ0) is 8.81. The van der Waals surface area contributed by atoms with Crippen molar-refractivity contribution in [2.75, 3.05) is 6.54 Å². The van der Waals surface area contributed by atoms with E-state index in [0.717, 1.165) is 18.5 Å². The van der Waals surface area contributed by atoms with Crippen LogP contribution in [0.2, 0.25) is 0 Å². The highest BCUT2D eigenvalue weighted by atomic mass is 14.9. The molecule has 0 spiro atoms. The van der Waals surface area contributed by atoms with E-state index in [4.69, 9.17) is 0 Å². The lowest BCUT2D eigenvalue weighted by molar-refractivity contribution is 0.255. The van der Waals surface area contributed by atoms with E-state index in [0.29, 0.717) is 0 Å². The van der Waals surface area contributed by atoms with Gasteiger partial charge in [0, 0.05) is 6.04 Å². The highest BCUT2D eigenvalue weighted by molar-refractivity contribution is 4.76. The second kappa shape index (κ2) is 5.58. The molecular weight excluding hydrogens is 146 g/mol. The predicted octanol–water partition coefficient (Wildman–Crippen LogP) is 2.95. The van der Waals surface area contributed by atoms with Gasteiger partial charge in [-0.05, 0) is 25.3 Å². The van der Waals surface area contributed by atoms with Crippen molar-refractivity contribution in [1.82, 2.24) is 5.32 Å². The number of rotatable bonds is 6. The van der Waals surface area contributed by atoms with Gasteiger partial charge in [-0.3, -0.25) is 0 Å². The monoisotopic (exact) mass is 169 g/mol. The highest BCUT2D eigenvalue weighted by Crippen LogP contribution is 2.31. The third-order valence-electron chi connectivity index (χ3n) is 2.97. The first-order valence-electron chi connectivity index (χ1n) is 5.60. The Morgan fingerprint density at radius 1 is 1.33 bits per heavy atom. The van der Waals surface area contributed by atoms with Gasteiger partial charge in [0.2, 0.25) is 0 Å². The summed E-state index contributed by atoms with van der Waals surface area (Å²) >= 11 is 0. The minimum Gasteiger partial charge on any atom is -0.314 e. The van der Waals surface area contributed by atoms with Crippen molar-refractivity contribution in [3.05, 3.63) is 0 Å². The molecule has 72 valence electrons. The first-order valence-corrected chi connectivity index (χ1v) is 5.60. The normalized spacial score (nSPS) is 20.5. The van der Waals surface area contributed by atoms with Crippen LogP contribution in [0.4, 0.5) is 0 Å². The number of nitrogens with one attached hydrogen (secondary N) is 1. The molecule has 1 heteroatoms. The maximum absolute atomic E-state index is 3.58. The standard InChI is InChI=1S/C11H23N/c1-3-6-11(12-4-2)9-10-7-5-8-10/h10-12H,3-9H2,1-2H3. The van der Waals surface area contributed by atoms with E-state index in [9.17, 15) is 0 Å². The molecule has 1 aliphatic carbocycles. The van der Waals surface area contributed by atoms with Gasteiger partial charge in [-0.15, -0.1) is 0 Å². The van der Waals surface area contributed by atoms with Crippen LogP contribution in [0.15, 0.2) is 0 Å². The number of hydrogen-bond donors (Lipinski definition) is 1. The Kier molecular flexibility index (Phi) is 4.67. The zero-order valence-corrected chi connectivity index (χ0v) is 8.60. The third-order valence-corrected chi connectivity index (χ3v) is 2.97. The van der Waals surface area contributed by atoms with E-state index < -0.39 is 0 Å². The molecule has 0 aromatic heterocycles. The molecular formula is C11H23N. The lowest BCUT2D eigenvalue weighted by atomic mass is 9.80. The quantitative estimate of drug-likeness (QED) is 0.644. The van der Waals surface area contributed by atoms with Gasteiger partial charge >= 0.3 is 0 Å². The fraction of sp³-hybridized carbons (Fsp3) is 1.00. The molecule has 0 aliphatic heterocycles. The molecule has 1 nitrogen and oxygen atoms in total. The van der Waals surface area contributed by atoms with Crippen molar-refractivity contribution in [2.45, 2.75) is 58.4 Å². The van der Waals surface area contributed by atoms with Crippen molar-refractivity contribution in [3.8, 4) is 0 Å². The molecule has 1 atom stereocenters. The van der Waals surface area contributed by atoms with E-state index in [1.54, 1.807) is 0 Å². The van der Waals surface area contributed by atoms with Crippen molar-refractivity contribution >= 4 is 0 Å². The summed E-state index contributed by atoms with van der Waals surface area (Å²) in [5.41, 5.74) is 0. The fourth-order valence-electron chi connectivity index (χ4n) is 2.07. The SMILES string of the molecule is CCCC(CC1CCC1)NCC. The maximum Gasteiger partial charge on any atom is 0.00694 e. The molecule has 1 unspecified atom stereocenters. The summed E-state index contributed by atoms with van der Waals surface area (Å²) in [6.45, 7) is 5.63. The number of hydrogen-bond acceptors (Lipinski definition) is 1. The van der Waals surface area contributed by atoms with E-state index in [2.05, 4.69) is 19.2 Å². The summed E-state index contributed by atoms with van der Waals surface area (Å²) in [5.74, 6) is 1.06. The summed E-state index contributed by atoms with van der Waals surface area (Å²) in [4.78, 5) is 0. The van der Waals surface area contributed by atoms with Crippen molar-refractivity contribution in [1.29, 1.82) is 0 Å². The molecule has 0 saturated heterocycles. The maximum atomic E-state index is 3.58. The Morgan fingerprint density at radius 3 is 2.50 bits per heavy atom. The van der Waals surface area contributed by atoms with E-state index in [-0.39, 0.29) is 0 Å². The summed E-state index contributed by atoms with van der Waals surface area (Å²) in [6, 6.07) is 0.810. The second-order valence-corrected chi connectivity index (χ2v) is 4.08. The Morgan fingerprint density at radius 2 is 2.08 bits per heavy atom. The van der Waals surface area contributed by atoms with Gasteiger partial charge in [-0.25, -0.2) is 0 Å². The van der Waals surface area contributed by atoms with Gasteiger partial charge < -0.3 is 5.32 Å². The summed E-state index contributed by atoms with van der Waals surface area (Å²) in [5, 5.41) is 3.58. The van der Waals surface area contributed by atoms with E-state index >= 15 is 0 Å². The average Bonchev–Trinajstić information content (AvgIpc) is 1.97. The van der Waals surface area contributed by atoms with Crippen molar-refractivity contribution in [2.24, 2.45) is 5.92 Å². The van der Waals surface area contributed by atoms with Crippen LogP contribution < -0.4 is 5.32 Å². The van der Waals surface area contributed by atoms with Crippen LogP contribution in [0.5, 0.6) is 0 Å². The van der Waals surface area contributed by atoms with Crippen LogP contribution in [-0.2, 0) is 0 Å². The van der Waals surface area contributed by atoms with Gasteiger partial charge in [-0.1, -0.05) is 39.5 Å². The Balaban J connectivity index is 2.11. The van der Waals surface area contributed by atoms with Crippen LogP contribution in [0, 0.1) is 5.92 Å². The van der Waals surface area contributed by atoms with Crippen LogP contribution in [0.25, 0.3) is 0 Å². The minimum absolute atomic E-state index is 0.810. The Bertz CT molecular complexity index is 102. The second-order valence-electron chi connectivity index (χ2n) is 4.08. The van der Waals surface area contributed by atoms with Crippen molar-refractivity contribution < 1.29 is 0 Å². The molecule has 1 aliphatic rings. The zero-order valence-electron chi connectivity index (χ0n) is 8.60. The molecule has 0 radical (unpaired) electrons. The Hall–Kier alpha value is -0.0400. The van der Waals surface area contributed by atoms with Crippen molar-refractivity contribution in [3.63, 3.8) is 0 Å². The Labute approximate surface area is 76.9 Å². The van der Waals surface area contributed by atoms with Crippen LogP contribution in [0.3, 0.4) is 0 Å². The summed E-state index contributed by atoms with van der Waals surface area (Å²) in [7, 11) is 0. The first-order chi connectivity index (χ1) is 5.86. The molecule has 1 saturated carbocycles. The van der Waals surface area contributed by atoms with Crippen LogP contribution in [0.1, 0.15) is 52.4 Å². The predicted molar refractivity (Wildman–Crippen MR) is 54.3 cm³/mol. The van der Waals surface area contributed by atoms with Gasteiger partial charge in [0.1, 0.15) is 0 Å². The van der Waals surface area contributed by atoms with Gasteiger partial charge in [0.15, 0.2) is 0 Å². The lowest BCUT2D eigenvalue weighted by Crippen LogP contribution is -2.32. The molecule has 12 heavy (non-hydrogen) atoms. The van der Waals surface area contributed by atoms with Gasteiger partial charge in [-0.2, -0.15) is 0 Å². The molecule has 0 aromatic carbocycles. The fourth-order valence-corrected chi connectivity index (χ4v) is 2.07. The average molecular weight is 169 g/mol.